The van der Waals surface area contributed by atoms with Crippen molar-refractivity contribution in [2.75, 3.05) is 50.7 Å². The van der Waals surface area contributed by atoms with Crippen LogP contribution in [0.3, 0.4) is 0 Å². The van der Waals surface area contributed by atoms with Gasteiger partial charge < -0.3 is 15.0 Å². The highest BCUT2D eigenvalue weighted by Crippen LogP contribution is 2.45. The Balaban J connectivity index is 1.19. The van der Waals surface area contributed by atoms with Crippen LogP contribution in [0.2, 0.25) is 0 Å². The minimum absolute atomic E-state index is 0.184. The fourth-order valence-corrected chi connectivity index (χ4v) is 7.37. The number of hydrogen-bond donors (Lipinski definition) is 1. The second-order valence-corrected chi connectivity index (χ2v) is 13.7. The van der Waals surface area contributed by atoms with Crippen molar-refractivity contribution in [3.05, 3.63) is 65.7 Å². The first-order valence-electron chi connectivity index (χ1n) is 16.6. The van der Waals surface area contributed by atoms with E-state index < -0.39 is 5.60 Å². The molecule has 46 heavy (non-hydrogen) atoms. The lowest BCUT2D eigenvalue weighted by Gasteiger charge is -2.37. The molecule has 1 fully saturated rings. The fraction of sp³-hybridized carbons (Fsp3) is 0.395. The summed E-state index contributed by atoms with van der Waals surface area (Å²) in [4.78, 5) is 45.6. The maximum absolute atomic E-state index is 13.6. The highest BCUT2D eigenvalue weighted by atomic mass is 16.6. The van der Waals surface area contributed by atoms with Gasteiger partial charge in [-0.25, -0.2) is 4.79 Å². The summed E-state index contributed by atoms with van der Waals surface area (Å²) < 4.78 is 5.36. The van der Waals surface area contributed by atoms with Gasteiger partial charge >= 0.3 is 6.09 Å². The molecule has 0 unspecified atom stereocenters. The minimum atomic E-state index is -0.503. The van der Waals surface area contributed by atoms with E-state index in [-0.39, 0.29) is 17.9 Å². The van der Waals surface area contributed by atoms with E-state index in [9.17, 15) is 14.4 Å². The lowest BCUT2D eigenvalue weighted by Crippen LogP contribution is -2.48. The maximum atomic E-state index is 13.6. The van der Waals surface area contributed by atoms with Crippen LogP contribution in [0, 0.1) is 0 Å². The summed E-state index contributed by atoms with van der Waals surface area (Å²) in [7, 11) is 0. The van der Waals surface area contributed by atoms with Gasteiger partial charge in [-0.2, -0.15) is 0 Å². The average molecular weight is 619 g/mol. The predicted molar refractivity (Wildman–Crippen MR) is 185 cm³/mol. The number of imide groups is 1. The number of fused-ring (bicyclic) bond motifs is 2. The van der Waals surface area contributed by atoms with Crippen LogP contribution in [0.25, 0.3) is 43.1 Å². The molecule has 0 saturated carbocycles. The Labute approximate surface area is 269 Å². The van der Waals surface area contributed by atoms with Crippen molar-refractivity contribution >= 4 is 66.7 Å². The predicted octanol–water partition coefficient (Wildman–Crippen LogP) is 7.17. The van der Waals surface area contributed by atoms with Gasteiger partial charge in [-0.05, 0) is 77.7 Å². The van der Waals surface area contributed by atoms with Crippen LogP contribution in [0.1, 0.15) is 67.7 Å². The molecule has 8 nitrogen and oxygen atoms in total. The van der Waals surface area contributed by atoms with Crippen molar-refractivity contribution in [1.82, 2.24) is 15.1 Å². The molecule has 5 aromatic rings. The third-order valence-corrected chi connectivity index (χ3v) is 9.50. The van der Waals surface area contributed by atoms with Crippen LogP contribution in [-0.2, 0) is 4.74 Å². The average Bonchev–Trinajstić information content (AvgIpc) is 3.03. The van der Waals surface area contributed by atoms with E-state index in [0.29, 0.717) is 24.2 Å². The maximum Gasteiger partial charge on any atom is 0.407 e. The molecule has 2 heterocycles. The lowest BCUT2D eigenvalue weighted by molar-refractivity contribution is 0.0519. The number of piperazine rings is 1. The smallest absolute Gasteiger partial charge is 0.407 e. The molecular weight excluding hydrogens is 576 g/mol. The topological polar surface area (TPSA) is 82.2 Å². The fourth-order valence-electron chi connectivity index (χ4n) is 7.37. The summed E-state index contributed by atoms with van der Waals surface area (Å²) in [5.41, 5.74) is 1.96. The first-order chi connectivity index (χ1) is 22.2. The van der Waals surface area contributed by atoms with Gasteiger partial charge in [-0.3, -0.25) is 19.4 Å². The molecule has 3 amide bonds. The molecule has 8 heteroatoms. The summed E-state index contributed by atoms with van der Waals surface area (Å²) in [5, 5.41) is 11.5. The second-order valence-electron chi connectivity index (χ2n) is 13.7. The van der Waals surface area contributed by atoms with Gasteiger partial charge in [0.25, 0.3) is 11.8 Å². The van der Waals surface area contributed by atoms with Gasteiger partial charge in [0.05, 0.1) is 0 Å². The van der Waals surface area contributed by atoms with Gasteiger partial charge in [-0.15, -0.1) is 0 Å². The zero-order chi connectivity index (χ0) is 32.2. The molecule has 0 bridgehead atoms. The molecule has 0 radical (unpaired) electrons. The summed E-state index contributed by atoms with van der Waals surface area (Å²) in [6.45, 7) is 13.1. The molecule has 0 spiro atoms. The van der Waals surface area contributed by atoms with Crippen molar-refractivity contribution in [2.24, 2.45) is 0 Å². The van der Waals surface area contributed by atoms with Crippen LogP contribution in [0.5, 0.6) is 0 Å². The van der Waals surface area contributed by atoms with E-state index in [4.69, 9.17) is 4.74 Å². The van der Waals surface area contributed by atoms with E-state index in [0.717, 1.165) is 84.3 Å². The number of anilines is 1. The Bertz CT molecular complexity index is 1920. The molecular formula is C38H42N4O4. The number of unbranched alkanes of at least 4 members (excludes halogenated alkanes) is 2. The van der Waals surface area contributed by atoms with Crippen LogP contribution in [0.15, 0.2) is 54.6 Å². The minimum Gasteiger partial charge on any atom is -0.444 e. The van der Waals surface area contributed by atoms with Crippen molar-refractivity contribution in [2.45, 2.75) is 52.6 Å². The number of amides is 3. The Morgan fingerprint density at radius 1 is 0.739 bits per heavy atom. The summed E-state index contributed by atoms with van der Waals surface area (Å²) in [5.74, 6) is -0.368. The molecule has 7 rings (SSSR count). The number of rotatable bonds is 8. The van der Waals surface area contributed by atoms with Crippen molar-refractivity contribution < 1.29 is 19.1 Å². The van der Waals surface area contributed by atoms with Crippen LogP contribution >= 0.6 is 0 Å². The van der Waals surface area contributed by atoms with Gasteiger partial charge in [0, 0.05) is 73.4 Å². The first-order valence-corrected chi connectivity index (χ1v) is 16.6. The highest BCUT2D eigenvalue weighted by Gasteiger charge is 2.34. The van der Waals surface area contributed by atoms with Gasteiger partial charge in [0.2, 0.25) is 0 Å². The van der Waals surface area contributed by atoms with E-state index >= 15 is 0 Å². The number of benzene rings is 5. The molecule has 0 atom stereocenters. The Kier molecular flexibility index (Phi) is 7.71. The van der Waals surface area contributed by atoms with E-state index in [1.165, 1.54) is 21.4 Å². The number of carbonyl (C=O) groups excluding carboxylic acids is 3. The first kappa shape index (κ1) is 30.2. The number of alkyl carbamates (subject to hydrolysis) is 1. The van der Waals surface area contributed by atoms with E-state index in [2.05, 4.69) is 64.5 Å². The standard InChI is InChI=1S/C38H42N4O4/c1-5-6-7-18-42-35(43)29-13-11-26-24-9-8-10-28-31(41-22-20-40(21-23-41)19-17-39-37(45)46-38(2,3)4)16-15-25(32(24)28)27-12-14-30(36(42)44)34(29)33(26)27/h8-16H,5-7,17-23H2,1-4H3,(H,39,45). The molecule has 5 aromatic carbocycles. The molecule has 0 aliphatic carbocycles. The molecule has 238 valence electrons. The van der Waals surface area contributed by atoms with Gasteiger partial charge in [0.15, 0.2) is 0 Å². The van der Waals surface area contributed by atoms with Gasteiger partial charge in [-0.1, -0.05) is 56.2 Å². The second kappa shape index (κ2) is 11.7. The summed E-state index contributed by atoms with van der Waals surface area (Å²) in [6, 6.07) is 19.0. The van der Waals surface area contributed by atoms with E-state index in [1.807, 2.05) is 32.9 Å². The Hall–Kier alpha value is -4.43. The van der Waals surface area contributed by atoms with Crippen LogP contribution in [0.4, 0.5) is 10.5 Å². The summed E-state index contributed by atoms with van der Waals surface area (Å²) >= 11 is 0. The molecule has 2 aliphatic heterocycles. The highest BCUT2D eigenvalue weighted by molar-refractivity contribution is 6.38. The quantitative estimate of drug-likeness (QED) is 0.0860. The van der Waals surface area contributed by atoms with E-state index in [1.54, 1.807) is 0 Å². The lowest BCUT2D eigenvalue weighted by atomic mass is 9.84. The van der Waals surface area contributed by atoms with Crippen molar-refractivity contribution in [3.8, 4) is 0 Å². The number of nitrogens with zero attached hydrogens (tertiary/aromatic N) is 3. The number of carbonyl (C=O) groups is 3. The Morgan fingerprint density at radius 2 is 1.35 bits per heavy atom. The zero-order valence-corrected chi connectivity index (χ0v) is 27.2. The van der Waals surface area contributed by atoms with Crippen molar-refractivity contribution in [3.63, 3.8) is 0 Å². The Morgan fingerprint density at radius 3 is 2.00 bits per heavy atom. The largest absolute Gasteiger partial charge is 0.444 e. The van der Waals surface area contributed by atoms with Crippen LogP contribution < -0.4 is 10.2 Å². The zero-order valence-electron chi connectivity index (χ0n) is 27.2. The number of hydrogen-bond acceptors (Lipinski definition) is 6. The number of ether oxygens (including phenoxy) is 1. The molecule has 1 saturated heterocycles. The summed E-state index contributed by atoms with van der Waals surface area (Å²) in [6.07, 6.45) is 2.47. The van der Waals surface area contributed by atoms with Gasteiger partial charge in [0.1, 0.15) is 5.60 Å². The third kappa shape index (κ3) is 5.18. The monoisotopic (exact) mass is 618 g/mol. The SMILES string of the molecule is CCCCCN1C(=O)c2ccc3c4cccc5c(N6CCN(CCNC(=O)OC(C)(C)C)CC6)ccc(c6ccc(c2c36)C1=O)c54. The van der Waals surface area contributed by atoms with Crippen LogP contribution in [-0.4, -0.2) is 79.1 Å². The normalized spacial score (nSPS) is 16.0. The third-order valence-electron chi connectivity index (χ3n) is 9.50. The molecule has 2 aliphatic rings. The molecule has 1 N–H and O–H groups in total. The number of nitrogens with one attached hydrogen (secondary N) is 1. The molecule has 0 aromatic heterocycles. The van der Waals surface area contributed by atoms with Crippen molar-refractivity contribution in [1.29, 1.82) is 0 Å².